The summed E-state index contributed by atoms with van der Waals surface area (Å²) in [7, 11) is 0. The molecule has 0 saturated carbocycles. The van der Waals surface area contributed by atoms with E-state index >= 15 is 0 Å². The van der Waals surface area contributed by atoms with Gasteiger partial charge in [-0.25, -0.2) is 4.39 Å². The molecule has 0 bridgehead atoms. The third-order valence-electron chi connectivity index (χ3n) is 4.17. The number of carbonyl (C=O) groups excluding carboxylic acids is 1. The second-order valence-electron chi connectivity index (χ2n) is 5.67. The number of fused-ring (bicyclic) bond motifs is 1. The maximum Gasteiger partial charge on any atom is 0.244 e. The van der Waals surface area contributed by atoms with Gasteiger partial charge in [0.1, 0.15) is 17.9 Å². The Morgan fingerprint density at radius 3 is 2.61 bits per heavy atom. The SMILES string of the molecule is O=C(Cn1ncc2ncc(-c3ccc(F)cc3)cc21)N1CCC1. The zero-order valence-corrected chi connectivity index (χ0v) is 12.4. The van der Waals surface area contributed by atoms with Gasteiger partial charge in [0.2, 0.25) is 5.91 Å². The van der Waals surface area contributed by atoms with Gasteiger partial charge in [-0.05, 0) is 30.2 Å². The van der Waals surface area contributed by atoms with Crippen LogP contribution in [0.1, 0.15) is 6.42 Å². The largest absolute Gasteiger partial charge is 0.341 e. The van der Waals surface area contributed by atoms with Gasteiger partial charge >= 0.3 is 0 Å². The molecule has 1 aliphatic heterocycles. The minimum atomic E-state index is -0.270. The highest BCUT2D eigenvalue weighted by Gasteiger charge is 2.21. The number of aromatic nitrogens is 3. The van der Waals surface area contributed by atoms with Crippen molar-refractivity contribution in [2.24, 2.45) is 0 Å². The Bertz CT molecular complexity index is 868. The molecule has 0 aliphatic carbocycles. The Labute approximate surface area is 132 Å². The summed E-state index contributed by atoms with van der Waals surface area (Å²) in [5.41, 5.74) is 3.30. The molecule has 1 saturated heterocycles. The van der Waals surface area contributed by atoms with Crippen molar-refractivity contribution in [2.45, 2.75) is 13.0 Å². The second kappa shape index (κ2) is 5.46. The van der Waals surface area contributed by atoms with Crippen molar-refractivity contribution in [2.75, 3.05) is 13.1 Å². The summed E-state index contributed by atoms with van der Waals surface area (Å²) in [4.78, 5) is 18.3. The molecule has 5 nitrogen and oxygen atoms in total. The van der Waals surface area contributed by atoms with Gasteiger partial charge in [-0.2, -0.15) is 5.10 Å². The zero-order chi connectivity index (χ0) is 15.8. The van der Waals surface area contributed by atoms with E-state index in [1.54, 1.807) is 29.2 Å². The molecule has 1 aliphatic rings. The summed E-state index contributed by atoms with van der Waals surface area (Å²) < 4.78 is 14.7. The molecule has 3 aromatic rings. The monoisotopic (exact) mass is 310 g/mol. The van der Waals surface area contributed by atoms with Gasteiger partial charge in [-0.3, -0.25) is 14.5 Å². The molecule has 0 radical (unpaired) electrons. The highest BCUT2D eigenvalue weighted by molar-refractivity contribution is 5.83. The predicted octanol–water partition coefficient (Wildman–Crippen LogP) is 2.47. The lowest BCUT2D eigenvalue weighted by Crippen LogP contribution is -2.43. The smallest absolute Gasteiger partial charge is 0.244 e. The molecule has 1 aromatic carbocycles. The first-order valence-corrected chi connectivity index (χ1v) is 7.56. The van der Waals surface area contributed by atoms with E-state index in [-0.39, 0.29) is 18.3 Å². The predicted molar refractivity (Wildman–Crippen MR) is 84.1 cm³/mol. The normalized spacial score (nSPS) is 14.0. The molecule has 4 rings (SSSR count). The quantitative estimate of drug-likeness (QED) is 0.747. The highest BCUT2D eigenvalue weighted by atomic mass is 19.1. The first-order chi connectivity index (χ1) is 11.2. The topological polar surface area (TPSA) is 51.0 Å². The third-order valence-corrected chi connectivity index (χ3v) is 4.17. The highest BCUT2D eigenvalue weighted by Crippen LogP contribution is 2.23. The average Bonchev–Trinajstić information content (AvgIpc) is 2.88. The van der Waals surface area contributed by atoms with Crippen LogP contribution < -0.4 is 0 Å². The van der Waals surface area contributed by atoms with E-state index in [0.717, 1.165) is 41.7 Å². The zero-order valence-electron chi connectivity index (χ0n) is 12.4. The molecule has 3 heterocycles. The standard InChI is InChI=1S/C17H15FN4O/c18-14-4-2-12(3-5-14)13-8-16-15(19-9-13)10-20-22(16)11-17(23)21-6-1-7-21/h2-5,8-10H,1,6-7,11H2. The van der Waals surface area contributed by atoms with Crippen LogP contribution in [0.5, 0.6) is 0 Å². The molecule has 1 fully saturated rings. The van der Waals surface area contributed by atoms with E-state index in [2.05, 4.69) is 10.1 Å². The summed E-state index contributed by atoms with van der Waals surface area (Å²) in [5.74, 6) is -0.193. The van der Waals surface area contributed by atoms with Crippen molar-refractivity contribution in [3.05, 3.63) is 48.5 Å². The fourth-order valence-corrected chi connectivity index (χ4v) is 2.68. The van der Waals surface area contributed by atoms with Gasteiger partial charge in [0, 0.05) is 24.8 Å². The third kappa shape index (κ3) is 2.56. The molecule has 23 heavy (non-hydrogen) atoms. The second-order valence-corrected chi connectivity index (χ2v) is 5.67. The lowest BCUT2D eigenvalue weighted by molar-refractivity contribution is -0.135. The van der Waals surface area contributed by atoms with Crippen LogP contribution >= 0.6 is 0 Å². The number of hydrogen-bond acceptors (Lipinski definition) is 3. The van der Waals surface area contributed by atoms with Crippen LogP contribution in [0.15, 0.2) is 42.7 Å². The van der Waals surface area contributed by atoms with Crippen LogP contribution in [0, 0.1) is 5.82 Å². The van der Waals surface area contributed by atoms with Crippen molar-refractivity contribution in [1.82, 2.24) is 19.7 Å². The summed E-state index contributed by atoms with van der Waals surface area (Å²) in [5, 5.41) is 4.27. The van der Waals surface area contributed by atoms with Crippen LogP contribution in [0.2, 0.25) is 0 Å². The van der Waals surface area contributed by atoms with Gasteiger partial charge in [-0.15, -0.1) is 0 Å². The summed E-state index contributed by atoms with van der Waals surface area (Å²) >= 11 is 0. The lowest BCUT2D eigenvalue weighted by Gasteiger charge is -2.30. The number of amides is 1. The van der Waals surface area contributed by atoms with Crippen molar-refractivity contribution < 1.29 is 9.18 Å². The molecular weight excluding hydrogens is 295 g/mol. The van der Waals surface area contributed by atoms with E-state index in [9.17, 15) is 9.18 Å². The molecule has 0 N–H and O–H groups in total. The Hall–Kier alpha value is -2.76. The Morgan fingerprint density at radius 2 is 1.91 bits per heavy atom. The Kier molecular flexibility index (Phi) is 3.29. The van der Waals surface area contributed by atoms with Crippen LogP contribution in [-0.2, 0) is 11.3 Å². The van der Waals surface area contributed by atoms with E-state index in [1.807, 2.05) is 11.0 Å². The minimum absolute atomic E-state index is 0.0773. The molecule has 0 spiro atoms. The summed E-state index contributed by atoms with van der Waals surface area (Å²) in [6.45, 7) is 1.88. The molecule has 116 valence electrons. The van der Waals surface area contributed by atoms with Gasteiger partial charge in [-0.1, -0.05) is 12.1 Å². The molecule has 1 amide bonds. The maximum absolute atomic E-state index is 13.1. The summed E-state index contributed by atoms with van der Waals surface area (Å²) in [6.07, 6.45) is 4.47. The van der Waals surface area contributed by atoms with Gasteiger partial charge in [0.05, 0.1) is 11.7 Å². The first kappa shape index (κ1) is 13.9. The number of hydrogen-bond donors (Lipinski definition) is 0. The van der Waals surface area contributed by atoms with E-state index in [0.29, 0.717) is 0 Å². The molecule has 0 unspecified atom stereocenters. The van der Waals surface area contributed by atoms with Crippen molar-refractivity contribution in [3.63, 3.8) is 0 Å². The maximum atomic E-state index is 13.1. The number of halogens is 1. The van der Waals surface area contributed by atoms with Crippen LogP contribution in [0.4, 0.5) is 4.39 Å². The Balaban J connectivity index is 1.68. The van der Waals surface area contributed by atoms with Gasteiger partial charge in [0.25, 0.3) is 0 Å². The first-order valence-electron chi connectivity index (χ1n) is 7.56. The number of nitrogens with zero attached hydrogens (tertiary/aromatic N) is 4. The van der Waals surface area contributed by atoms with Gasteiger partial charge in [0.15, 0.2) is 0 Å². The average molecular weight is 310 g/mol. The number of benzene rings is 1. The van der Waals surface area contributed by atoms with E-state index in [1.165, 1.54) is 12.1 Å². The van der Waals surface area contributed by atoms with Crippen molar-refractivity contribution in [3.8, 4) is 11.1 Å². The lowest BCUT2D eigenvalue weighted by atomic mass is 10.1. The van der Waals surface area contributed by atoms with Crippen LogP contribution in [0.3, 0.4) is 0 Å². The fraction of sp³-hybridized carbons (Fsp3) is 0.235. The molecular formula is C17H15FN4O. The minimum Gasteiger partial charge on any atom is -0.341 e. The van der Waals surface area contributed by atoms with Crippen molar-refractivity contribution in [1.29, 1.82) is 0 Å². The molecule has 0 atom stereocenters. The number of rotatable bonds is 3. The number of pyridine rings is 1. The molecule has 6 heteroatoms. The fourth-order valence-electron chi connectivity index (χ4n) is 2.68. The summed E-state index contributed by atoms with van der Waals surface area (Å²) in [6, 6.07) is 8.20. The van der Waals surface area contributed by atoms with E-state index < -0.39 is 0 Å². The molecule has 2 aromatic heterocycles. The van der Waals surface area contributed by atoms with Crippen LogP contribution in [-0.4, -0.2) is 38.7 Å². The number of likely N-dealkylation sites (tertiary alicyclic amines) is 1. The number of carbonyl (C=O) groups is 1. The van der Waals surface area contributed by atoms with Gasteiger partial charge < -0.3 is 4.90 Å². The van der Waals surface area contributed by atoms with Crippen molar-refractivity contribution >= 4 is 16.9 Å². The Morgan fingerprint density at radius 1 is 1.13 bits per heavy atom. The van der Waals surface area contributed by atoms with Crippen LogP contribution in [0.25, 0.3) is 22.2 Å². The van der Waals surface area contributed by atoms with E-state index in [4.69, 9.17) is 0 Å².